The van der Waals surface area contributed by atoms with Crippen molar-refractivity contribution in [3.8, 4) is 0 Å². The molecule has 1 atom stereocenters. The average Bonchev–Trinajstić information content (AvgIpc) is 1.87. The normalized spacial score (nSPS) is 9.38. The molecule has 13 heavy (non-hydrogen) atoms. The van der Waals surface area contributed by atoms with Gasteiger partial charge in [0.1, 0.15) is 0 Å². The van der Waals surface area contributed by atoms with Crippen LogP contribution in [0, 0.1) is 5.92 Å². The molecule has 0 spiro atoms. The van der Waals surface area contributed by atoms with Crippen LogP contribution in [-0.2, 0) is 14.3 Å². The van der Waals surface area contributed by atoms with Gasteiger partial charge in [0.25, 0.3) is 0 Å². The molecule has 0 amide bonds. The van der Waals surface area contributed by atoms with Gasteiger partial charge in [0.2, 0.25) is 0 Å². The van der Waals surface area contributed by atoms with Crippen molar-refractivity contribution in [3.05, 3.63) is 0 Å². The molecule has 0 N–H and O–H groups in total. The minimum Gasteiger partial charge on any atom is -0.550 e. The Balaban J connectivity index is -0.000000135. The zero-order valence-electron chi connectivity index (χ0n) is 6.92. The summed E-state index contributed by atoms with van der Waals surface area (Å²) in [6, 6.07) is 0. The summed E-state index contributed by atoms with van der Waals surface area (Å²) < 4.78 is 4.24. The van der Waals surface area contributed by atoms with Gasteiger partial charge in [-0.1, -0.05) is 21.8 Å². The third-order valence-corrected chi connectivity index (χ3v) is 1.10. The van der Waals surface area contributed by atoms with Crippen molar-refractivity contribution < 1.29 is 49.0 Å². The van der Waals surface area contributed by atoms with Crippen molar-refractivity contribution in [1.29, 1.82) is 0 Å². The minimum atomic E-state index is -1.23. The van der Waals surface area contributed by atoms with E-state index in [0.717, 1.165) is 0 Å². The summed E-state index contributed by atoms with van der Waals surface area (Å²) in [5, 5.41) is 10.0. The number of carboxylic acids is 1. The first-order chi connectivity index (χ1) is 4.57. The molecule has 0 aliphatic rings. The third-order valence-electron chi connectivity index (χ3n) is 1.10. The zero-order chi connectivity index (χ0) is 8.15. The van der Waals surface area contributed by atoms with E-state index in [2.05, 4.69) is 4.74 Å². The molecule has 0 aromatic heterocycles. The van der Waals surface area contributed by atoms with Gasteiger partial charge in [0.05, 0.1) is 13.5 Å². The summed E-state index contributed by atoms with van der Waals surface area (Å²) in [7, 11) is 1.21. The fraction of sp³-hybridized carbons (Fsp3) is 0.750. The number of methoxy groups -OCH3 is 1. The van der Waals surface area contributed by atoms with Gasteiger partial charge in [0, 0.05) is 11.9 Å². The first kappa shape index (κ1) is 23.1. The fourth-order valence-electron chi connectivity index (χ4n) is 0.417. The van der Waals surface area contributed by atoms with E-state index in [9.17, 15) is 14.7 Å². The molecular formula is C8H17NaO4. The molecule has 0 fully saturated rings. The van der Waals surface area contributed by atoms with Crippen LogP contribution in [0.2, 0.25) is 0 Å². The third kappa shape index (κ3) is 11.9. The summed E-state index contributed by atoms with van der Waals surface area (Å²) >= 11 is 0. The van der Waals surface area contributed by atoms with Gasteiger partial charge in [-0.2, -0.15) is 0 Å². The van der Waals surface area contributed by atoms with Crippen molar-refractivity contribution in [1.82, 2.24) is 0 Å². The van der Waals surface area contributed by atoms with Crippen molar-refractivity contribution in [2.45, 2.75) is 28.2 Å². The summed E-state index contributed by atoms with van der Waals surface area (Å²) in [5.74, 6) is -2.53. The maximum atomic E-state index is 10.4. The van der Waals surface area contributed by atoms with E-state index < -0.39 is 17.9 Å². The number of rotatable bonds is 3. The zero-order valence-corrected chi connectivity index (χ0v) is 8.92. The summed E-state index contributed by atoms with van der Waals surface area (Å²) in [6.45, 7) is 1.40. The van der Waals surface area contributed by atoms with E-state index in [4.69, 9.17) is 0 Å². The molecule has 0 aliphatic heterocycles. The quantitative estimate of drug-likeness (QED) is 0.365. The van der Waals surface area contributed by atoms with E-state index in [0.29, 0.717) is 0 Å². The molecule has 0 saturated carbocycles. The Bertz CT molecular complexity index is 147. The molecule has 1 unspecified atom stereocenters. The first-order valence-electron chi connectivity index (χ1n) is 2.85. The van der Waals surface area contributed by atoms with Gasteiger partial charge in [-0.25, -0.2) is 0 Å². The second-order valence-corrected chi connectivity index (χ2v) is 2.00. The van der Waals surface area contributed by atoms with Gasteiger partial charge in [-0.05, 0) is 0 Å². The average molecular weight is 200 g/mol. The number of carboxylic acid groups (broad SMARTS) is 1. The Kier molecular flexibility index (Phi) is 21.2. The van der Waals surface area contributed by atoms with E-state index in [-0.39, 0.29) is 50.8 Å². The Morgan fingerprint density at radius 1 is 1.38 bits per heavy atom. The number of carbonyl (C=O) groups is 2. The van der Waals surface area contributed by atoms with Gasteiger partial charge >= 0.3 is 35.5 Å². The standard InChI is InChI=1S/C6H10O4.2CH4.Na/c1-4(6(8)9)3-5(7)10-2;;;/h4H,3H2,1-2H3,(H,8,9);2*1H4;/q;;;+1/p-1. The Labute approximate surface area is 102 Å². The minimum absolute atomic E-state index is 0. The van der Waals surface area contributed by atoms with E-state index in [1.165, 1.54) is 14.0 Å². The fourth-order valence-corrected chi connectivity index (χ4v) is 0.417. The summed E-state index contributed by atoms with van der Waals surface area (Å²) in [4.78, 5) is 20.4. The van der Waals surface area contributed by atoms with E-state index in [1.807, 2.05) is 0 Å². The maximum Gasteiger partial charge on any atom is 1.00 e. The maximum absolute atomic E-state index is 10.4. The SMILES string of the molecule is C.C.COC(=O)CC(C)C(=O)[O-].[Na+]. The van der Waals surface area contributed by atoms with Crippen molar-refractivity contribution in [2.24, 2.45) is 5.92 Å². The van der Waals surface area contributed by atoms with Crippen LogP contribution in [-0.4, -0.2) is 19.0 Å². The number of hydrogen-bond acceptors (Lipinski definition) is 4. The van der Waals surface area contributed by atoms with Gasteiger partial charge in [-0.15, -0.1) is 0 Å². The molecule has 0 aromatic carbocycles. The molecule has 74 valence electrons. The number of hydrogen-bond donors (Lipinski definition) is 0. The van der Waals surface area contributed by atoms with Crippen LogP contribution in [0.5, 0.6) is 0 Å². The van der Waals surface area contributed by atoms with E-state index >= 15 is 0 Å². The Morgan fingerprint density at radius 2 is 1.77 bits per heavy atom. The monoisotopic (exact) mass is 200 g/mol. The molecule has 0 aromatic rings. The van der Waals surface area contributed by atoms with Crippen molar-refractivity contribution in [2.75, 3.05) is 7.11 Å². The smallest absolute Gasteiger partial charge is 0.550 e. The largest absolute Gasteiger partial charge is 1.00 e. The van der Waals surface area contributed by atoms with Crippen LogP contribution in [0.15, 0.2) is 0 Å². The van der Waals surface area contributed by atoms with Crippen LogP contribution in [0.25, 0.3) is 0 Å². The first-order valence-corrected chi connectivity index (χ1v) is 2.85. The second kappa shape index (κ2) is 11.9. The molecule has 0 radical (unpaired) electrons. The van der Waals surface area contributed by atoms with Gasteiger partial charge < -0.3 is 14.6 Å². The van der Waals surface area contributed by atoms with Crippen molar-refractivity contribution >= 4 is 11.9 Å². The summed E-state index contributed by atoms with van der Waals surface area (Å²) in [6.07, 6.45) is -0.126. The number of carbonyl (C=O) groups excluding carboxylic acids is 2. The van der Waals surface area contributed by atoms with Crippen LogP contribution in [0.1, 0.15) is 28.2 Å². The molecule has 0 heterocycles. The number of ether oxygens (including phenoxy) is 1. The number of aliphatic carboxylic acids is 1. The Hall–Kier alpha value is -0.0600. The van der Waals surface area contributed by atoms with Crippen LogP contribution >= 0.6 is 0 Å². The summed E-state index contributed by atoms with van der Waals surface area (Å²) in [5.41, 5.74) is 0. The van der Waals surface area contributed by atoms with E-state index in [1.54, 1.807) is 0 Å². The van der Waals surface area contributed by atoms with Crippen LogP contribution in [0.4, 0.5) is 0 Å². The Morgan fingerprint density at radius 3 is 2.00 bits per heavy atom. The second-order valence-electron chi connectivity index (χ2n) is 2.00. The van der Waals surface area contributed by atoms with Crippen molar-refractivity contribution in [3.63, 3.8) is 0 Å². The molecule has 0 rings (SSSR count). The molecule has 0 saturated heterocycles. The predicted molar refractivity (Wildman–Crippen MR) is 44.3 cm³/mol. The van der Waals surface area contributed by atoms with Gasteiger partial charge in [0.15, 0.2) is 0 Å². The van der Waals surface area contributed by atoms with Crippen LogP contribution in [0.3, 0.4) is 0 Å². The van der Waals surface area contributed by atoms with Crippen LogP contribution < -0.4 is 34.7 Å². The predicted octanol–water partition coefficient (Wildman–Crippen LogP) is -2.79. The molecule has 0 bridgehead atoms. The number of esters is 1. The molecular weight excluding hydrogens is 183 g/mol. The topological polar surface area (TPSA) is 66.4 Å². The van der Waals surface area contributed by atoms with Gasteiger partial charge in [-0.3, -0.25) is 4.79 Å². The molecule has 5 heteroatoms. The molecule has 4 nitrogen and oxygen atoms in total. The molecule has 0 aliphatic carbocycles.